The molecule has 2 N–H and O–H groups in total. The predicted octanol–water partition coefficient (Wildman–Crippen LogP) is 1.47. The first-order valence-corrected chi connectivity index (χ1v) is 4.82. The minimum absolute atomic E-state index is 0.109. The zero-order chi connectivity index (χ0) is 12.8. The number of benzene rings is 1. The lowest BCUT2D eigenvalue weighted by atomic mass is 10.1. The molecule has 0 saturated carbocycles. The number of aliphatic carboxylic acids is 1. The van der Waals surface area contributed by atoms with Crippen LogP contribution in [0, 0.1) is 0 Å². The van der Waals surface area contributed by atoms with E-state index in [1.54, 1.807) is 18.2 Å². The normalized spacial score (nSPS) is 10.2. The summed E-state index contributed by atoms with van der Waals surface area (Å²) in [6, 6.07) is 6.39. The van der Waals surface area contributed by atoms with Gasteiger partial charge in [0.25, 0.3) is 0 Å². The largest absolute Gasteiger partial charge is 0.478 e. The van der Waals surface area contributed by atoms with E-state index in [1.807, 2.05) is 0 Å². The van der Waals surface area contributed by atoms with Crippen LogP contribution in [0.1, 0.15) is 17.3 Å². The molecule has 1 amide bonds. The molecule has 0 heterocycles. The van der Waals surface area contributed by atoms with Crippen molar-refractivity contribution < 1.29 is 19.5 Å². The summed E-state index contributed by atoms with van der Waals surface area (Å²) in [7, 11) is 0. The van der Waals surface area contributed by atoms with E-state index in [1.165, 1.54) is 13.0 Å². The zero-order valence-corrected chi connectivity index (χ0v) is 9.14. The molecule has 0 spiro atoms. The Morgan fingerprint density at radius 3 is 2.53 bits per heavy atom. The van der Waals surface area contributed by atoms with Gasteiger partial charge in [0.1, 0.15) is 0 Å². The number of anilines is 1. The van der Waals surface area contributed by atoms with Gasteiger partial charge >= 0.3 is 5.97 Å². The summed E-state index contributed by atoms with van der Waals surface area (Å²) in [5.41, 5.74) is 0.919. The molecular formula is C12H11NO4. The Morgan fingerprint density at radius 1 is 1.24 bits per heavy atom. The molecule has 0 aliphatic carbocycles. The molecule has 17 heavy (non-hydrogen) atoms. The van der Waals surface area contributed by atoms with Gasteiger partial charge in [0.2, 0.25) is 5.91 Å². The van der Waals surface area contributed by atoms with Crippen LogP contribution in [0.5, 0.6) is 0 Å². The Labute approximate surface area is 97.8 Å². The minimum atomic E-state index is -1.20. The third kappa shape index (κ3) is 4.29. The van der Waals surface area contributed by atoms with E-state index in [-0.39, 0.29) is 5.78 Å². The van der Waals surface area contributed by atoms with Crippen molar-refractivity contribution in [3.8, 4) is 0 Å². The molecule has 0 saturated heterocycles. The number of carboxylic acid groups (broad SMARTS) is 1. The SMILES string of the molecule is CC(=O)c1cccc(NC(=O)/C=C/C(=O)O)c1. The van der Waals surface area contributed by atoms with E-state index < -0.39 is 11.9 Å². The summed E-state index contributed by atoms with van der Waals surface area (Å²) in [5.74, 6) is -1.87. The molecule has 0 aromatic heterocycles. The maximum atomic E-state index is 11.3. The first-order valence-electron chi connectivity index (χ1n) is 4.82. The molecule has 0 aliphatic heterocycles. The van der Waals surface area contributed by atoms with Crippen molar-refractivity contribution >= 4 is 23.3 Å². The van der Waals surface area contributed by atoms with Crippen LogP contribution in [0.25, 0.3) is 0 Å². The summed E-state index contributed by atoms with van der Waals surface area (Å²) >= 11 is 0. The molecule has 0 unspecified atom stereocenters. The van der Waals surface area contributed by atoms with Crippen LogP contribution in [-0.2, 0) is 9.59 Å². The van der Waals surface area contributed by atoms with Crippen molar-refractivity contribution in [1.29, 1.82) is 0 Å². The lowest BCUT2D eigenvalue weighted by Crippen LogP contribution is -2.09. The van der Waals surface area contributed by atoms with Crippen molar-refractivity contribution in [3.05, 3.63) is 42.0 Å². The van der Waals surface area contributed by atoms with Crippen LogP contribution >= 0.6 is 0 Å². The fraction of sp³-hybridized carbons (Fsp3) is 0.0833. The molecule has 0 radical (unpaired) electrons. The van der Waals surface area contributed by atoms with Gasteiger partial charge in [-0.05, 0) is 19.1 Å². The lowest BCUT2D eigenvalue weighted by Gasteiger charge is -2.03. The van der Waals surface area contributed by atoms with E-state index in [0.717, 1.165) is 12.2 Å². The number of hydrogen-bond acceptors (Lipinski definition) is 3. The lowest BCUT2D eigenvalue weighted by molar-refractivity contribution is -0.131. The number of Topliss-reactive ketones (excluding diaryl/α,β-unsaturated/α-hetero) is 1. The molecule has 0 bridgehead atoms. The maximum Gasteiger partial charge on any atom is 0.328 e. The van der Waals surface area contributed by atoms with Crippen LogP contribution in [-0.4, -0.2) is 22.8 Å². The van der Waals surface area contributed by atoms with Crippen molar-refractivity contribution in [2.75, 3.05) is 5.32 Å². The fourth-order valence-electron chi connectivity index (χ4n) is 1.15. The number of rotatable bonds is 4. The van der Waals surface area contributed by atoms with E-state index in [9.17, 15) is 14.4 Å². The van der Waals surface area contributed by atoms with Gasteiger partial charge in [-0.15, -0.1) is 0 Å². The van der Waals surface area contributed by atoms with Gasteiger partial charge in [-0.1, -0.05) is 12.1 Å². The van der Waals surface area contributed by atoms with Crippen LogP contribution in [0.3, 0.4) is 0 Å². The van der Waals surface area contributed by atoms with Crippen molar-refractivity contribution in [2.24, 2.45) is 0 Å². The summed E-state index contributed by atoms with van der Waals surface area (Å²) in [5, 5.41) is 10.8. The maximum absolute atomic E-state index is 11.3. The number of hydrogen-bond donors (Lipinski definition) is 2. The summed E-state index contributed by atoms with van der Waals surface area (Å²) in [6.07, 6.45) is 1.65. The smallest absolute Gasteiger partial charge is 0.328 e. The van der Waals surface area contributed by atoms with Crippen LogP contribution in [0.2, 0.25) is 0 Å². The highest BCUT2D eigenvalue weighted by atomic mass is 16.4. The number of carbonyl (C=O) groups excluding carboxylic acids is 2. The topological polar surface area (TPSA) is 83.5 Å². The Hall–Kier alpha value is -2.43. The van der Waals surface area contributed by atoms with Crippen LogP contribution in [0.4, 0.5) is 5.69 Å². The van der Waals surface area contributed by atoms with E-state index >= 15 is 0 Å². The fourth-order valence-corrected chi connectivity index (χ4v) is 1.15. The zero-order valence-electron chi connectivity index (χ0n) is 9.14. The van der Waals surface area contributed by atoms with Crippen molar-refractivity contribution in [3.63, 3.8) is 0 Å². The highest BCUT2D eigenvalue weighted by molar-refractivity contribution is 6.03. The van der Waals surface area contributed by atoms with Gasteiger partial charge in [-0.25, -0.2) is 4.79 Å². The first kappa shape index (κ1) is 12.6. The number of amides is 1. The molecule has 1 rings (SSSR count). The van der Waals surface area contributed by atoms with Crippen LogP contribution < -0.4 is 5.32 Å². The Balaban J connectivity index is 2.75. The van der Waals surface area contributed by atoms with Crippen molar-refractivity contribution in [1.82, 2.24) is 0 Å². The predicted molar refractivity (Wildman–Crippen MR) is 61.9 cm³/mol. The number of ketones is 1. The minimum Gasteiger partial charge on any atom is -0.478 e. The Bertz CT molecular complexity index is 491. The standard InChI is InChI=1S/C12H11NO4/c1-8(14)9-3-2-4-10(7-9)13-11(15)5-6-12(16)17/h2-7H,1H3,(H,13,15)(H,16,17)/b6-5+. The quantitative estimate of drug-likeness (QED) is 0.609. The van der Waals surface area contributed by atoms with Gasteiger partial charge in [0.15, 0.2) is 5.78 Å². The van der Waals surface area contributed by atoms with Gasteiger partial charge in [0, 0.05) is 23.4 Å². The Kier molecular flexibility index (Phi) is 4.16. The number of carboxylic acids is 1. The van der Waals surface area contributed by atoms with Crippen LogP contribution in [0.15, 0.2) is 36.4 Å². The number of nitrogens with one attached hydrogen (secondary N) is 1. The highest BCUT2D eigenvalue weighted by Gasteiger charge is 2.02. The first-order chi connectivity index (χ1) is 7.99. The summed E-state index contributed by atoms with van der Waals surface area (Å²) in [6.45, 7) is 1.42. The second kappa shape index (κ2) is 5.60. The van der Waals surface area contributed by atoms with Crippen molar-refractivity contribution in [2.45, 2.75) is 6.92 Å². The average Bonchev–Trinajstić information content (AvgIpc) is 2.26. The van der Waals surface area contributed by atoms with Gasteiger partial charge < -0.3 is 10.4 Å². The van der Waals surface area contributed by atoms with Gasteiger partial charge in [-0.2, -0.15) is 0 Å². The molecule has 88 valence electrons. The van der Waals surface area contributed by atoms with Gasteiger partial charge in [-0.3, -0.25) is 9.59 Å². The third-order valence-corrected chi connectivity index (χ3v) is 1.91. The molecular weight excluding hydrogens is 222 g/mol. The molecule has 0 atom stereocenters. The second-order valence-corrected chi connectivity index (χ2v) is 3.30. The molecule has 1 aromatic carbocycles. The highest BCUT2D eigenvalue weighted by Crippen LogP contribution is 2.11. The summed E-state index contributed by atoms with van der Waals surface area (Å²) < 4.78 is 0. The molecule has 1 aromatic rings. The van der Waals surface area contributed by atoms with E-state index in [2.05, 4.69) is 5.32 Å². The second-order valence-electron chi connectivity index (χ2n) is 3.30. The monoisotopic (exact) mass is 233 g/mol. The van der Waals surface area contributed by atoms with Gasteiger partial charge in [0.05, 0.1) is 0 Å². The third-order valence-electron chi connectivity index (χ3n) is 1.91. The van der Waals surface area contributed by atoms with E-state index in [4.69, 9.17) is 5.11 Å². The average molecular weight is 233 g/mol. The molecule has 5 heteroatoms. The summed E-state index contributed by atoms with van der Waals surface area (Å²) in [4.78, 5) is 32.5. The molecule has 0 fully saturated rings. The Morgan fingerprint density at radius 2 is 1.94 bits per heavy atom. The number of carbonyl (C=O) groups is 3. The molecule has 0 aliphatic rings. The van der Waals surface area contributed by atoms with E-state index in [0.29, 0.717) is 11.3 Å². The molecule has 5 nitrogen and oxygen atoms in total.